The van der Waals surface area contributed by atoms with Crippen molar-refractivity contribution in [3.63, 3.8) is 0 Å². The first-order valence-corrected chi connectivity index (χ1v) is 6.69. The molecule has 0 unspecified atom stereocenters. The minimum atomic E-state index is -0.503. The van der Waals surface area contributed by atoms with E-state index in [-0.39, 0.29) is 18.3 Å². The Morgan fingerprint density at radius 3 is 2.58 bits per heavy atom. The van der Waals surface area contributed by atoms with Crippen molar-refractivity contribution in [3.05, 3.63) is 23.5 Å². The lowest BCUT2D eigenvalue weighted by Gasteiger charge is -2.36. The molecule has 0 spiro atoms. The molecule has 1 amide bonds. The molecule has 3 N–H and O–H groups in total. The van der Waals surface area contributed by atoms with Crippen LogP contribution < -0.4 is 5.32 Å². The molecule has 104 valence electrons. The average Bonchev–Trinajstić information content (AvgIpc) is 2.89. The molecule has 2 rings (SSSR count). The molecule has 0 aliphatic heterocycles. The molecule has 1 heterocycles. The van der Waals surface area contributed by atoms with Crippen molar-refractivity contribution in [2.24, 2.45) is 0 Å². The lowest BCUT2D eigenvalue weighted by molar-refractivity contribution is 0.0754. The molecule has 1 aromatic rings. The van der Waals surface area contributed by atoms with Crippen LogP contribution in [0.25, 0.3) is 0 Å². The van der Waals surface area contributed by atoms with Gasteiger partial charge >= 0.3 is 0 Å². The fourth-order valence-electron chi connectivity index (χ4n) is 2.59. The second-order valence-corrected chi connectivity index (χ2v) is 5.31. The second kappa shape index (κ2) is 5.57. The van der Waals surface area contributed by atoms with Crippen molar-refractivity contribution in [1.29, 1.82) is 0 Å². The van der Waals surface area contributed by atoms with E-state index in [1.807, 2.05) is 0 Å². The molecular weight excluding hydrogens is 244 g/mol. The van der Waals surface area contributed by atoms with Gasteiger partial charge in [-0.2, -0.15) is 0 Å². The second-order valence-electron chi connectivity index (χ2n) is 5.31. The largest absolute Gasteiger partial charge is 0.394 e. The number of carbonyl (C=O) groups is 2. The highest BCUT2D eigenvalue weighted by molar-refractivity contribution is 5.99. The van der Waals surface area contributed by atoms with Crippen LogP contribution >= 0.6 is 0 Å². The Kier molecular flexibility index (Phi) is 4.04. The predicted octanol–water partition coefficient (Wildman–Crippen LogP) is 1.64. The zero-order valence-corrected chi connectivity index (χ0v) is 11.2. The third-order valence-electron chi connectivity index (χ3n) is 3.83. The van der Waals surface area contributed by atoms with Crippen molar-refractivity contribution < 1.29 is 14.7 Å². The van der Waals surface area contributed by atoms with E-state index in [0.717, 1.165) is 32.1 Å². The number of aromatic nitrogens is 1. The van der Waals surface area contributed by atoms with Gasteiger partial charge in [0.2, 0.25) is 0 Å². The first kappa shape index (κ1) is 13.8. The number of aliphatic hydroxyl groups excluding tert-OH is 1. The van der Waals surface area contributed by atoms with Gasteiger partial charge in [0.1, 0.15) is 5.69 Å². The molecule has 1 saturated carbocycles. The van der Waals surface area contributed by atoms with Crippen LogP contribution in [0.1, 0.15) is 59.9 Å². The Labute approximate surface area is 112 Å². The van der Waals surface area contributed by atoms with Crippen molar-refractivity contribution in [2.75, 3.05) is 6.61 Å². The van der Waals surface area contributed by atoms with E-state index in [4.69, 9.17) is 0 Å². The van der Waals surface area contributed by atoms with Gasteiger partial charge in [0, 0.05) is 11.8 Å². The number of nitrogens with one attached hydrogen (secondary N) is 2. The summed E-state index contributed by atoms with van der Waals surface area (Å²) in [6.07, 6.45) is 6.32. The molecule has 0 radical (unpaired) electrons. The zero-order valence-electron chi connectivity index (χ0n) is 11.2. The van der Waals surface area contributed by atoms with Crippen LogP contribution in [-0.4, -0.2) is 33.9 Å². The Morgan fingerprint density at radius 1 is 1.37 bits per heavy atom. The van der Waals surface area contributed by atoms with Crippen molar-refractivity contribution >= 4 is 11.7 Å². The Bertz CT molecular complexity index is 473. The quantitative estimate of drug-likeness (QED) is 0.723. The van der Waals surface area contributed by atoms with Crippen LogP contribution in [-0.2, 0) is 0 Å². The lowest BCUT2D eigenvalue weighted by atomic mass is 9.82. The third-order valence-corrected chi connectivity index (χ3v) is 3.83. The van der Waals surface area contributed by atoms with E-state index in [2.05, 4.69) is 10.3 Å². The molecular formula is C14H20N2O3. The summed E-state index contributed by atoms with van der Waals surface area (Å²) in [5.74, 6) is -0.340. The normalized spacial score (nSPS) is 18.0. The molecule has 1 fully saturated rings. The van der Waals surface area contributed by atoms with Gasteiger partial charge < -0.3 is 15.4 Å². The molecule has 1 aromatic heterocycles. The summed E-state index contributed by atoms with van der Waals surface area (Å²) < 4.78 is 0. The van der Waals surface area contributed by atoms with Gasteiger partial charge in [-0.25, -0.2) is 0 Å². The monoisotopic (exact) mass is 264 g/mol. The molecule has 0 aromatic carbocycles. The van der Waals surface area contributed by atoms with Crippen LogP contribution in [0.4, 0.5) is 0 Å². The van der Waals surface area contributed by atoms with Crippen molar-refractivity contribution in [3.8, 4) is 0 Å². The number of hydrogen-bond donors (Lipinski definition) is 3. The third kappa shape index (κ3) is 3.04. The van der Waals surface area contributed by atoms with E-state index in [9.17, 15) is 14.7 Å². The summed E-state index contributed by atoms with van der Waals surface area (Å²) in [6.45, 7) is 1.42. The molecule has 1 aliphatic carbocycles. The summed E-state index contributed by atoms with van der Waals surface area (Å²) >= 11 is 0. The summed E-state index contributed by atoms with van der Waals surface area (Å²) in [6, 6.07) is 1.55. The highest BCUT2D eigenvalue weighted by Crippen LogP contribution is 2.28. The molecule has 5 heteroatoms. The van der Waals surface area contributed by atoms with E-state index in [1.54, 1.807) is 6.07 Å². The summed E-state index contributed by atoms with van der Waals surface area (Å²) in [5.41, 5.74) is 0.354. The maximum atomic E-state index is 12.1. The highest BCUT2D eigenvalue weighted by atomic mass is 16.3. The fraction of sp³-hybridized carbons (Fsp3) is 0.571. The number of hydrogen-bond acceptors (Lipinski definition) is 3. The molecule has 0 saturated heterocycles. The maximum absolute atomic E-state index is 12.1. The van der Waals surface area contributed by atoms with Crippen LogP contribution in [0.2, 0.25) is 0 Å². The molecule has 5 nitrogen and oxygen atoms in total. The number of ketones is 1. The Morgan fingerprint density at radius 2 is 2.05 bits per heavy atom. The van der Waals surface area contributed by atoms with Gasteiger partial charge in [0.15, 0.2) is 5.78 Å². The standard InChI is InChI=1S/C14H20N2O3/c1-10(18)11-7-12(15-8-11)13(19)16-14(9-17)5-3-2-4-6-14/h7-8,15,17H,2-6,9H2,1H3,(H,16,19). The van der Waals surface area contributed by atoms with E-state index in [0.29, 0.717) is 11.3 Å². The Balaban J connectivity index is 2.08. The number of amides is 1. The summed E-state index contributed by atoms with van der Waals surface area (Å²) in [4.78, 5) is 26.2. The topological polar surface area (TPSA) is 82.2 Å². The molecule has 19 heavy (non-hydrogen) atoms. The van der Waals surface area contributed by atoms with Crippen LogP contribution in [0.15, 0.2) is 12.3 Å². The van der Waals surface area contributed by atoms with Gasteiger partial charge in [-0.05, 0) is 25.8 Å². The van der Waals surface area contributed by atoms with Crippen LogP contribution in [0, 0.1) is 0 Å². The van der Waals surface area contributed by atoms with Crippen LogP contribution in [0.5, 0.6) is 0 Å². The highest BCUT2D eigenvalue weighted by Gasteiger charge is 2.33. The van der Waals surface area contributed by atoms with Gasteiger partial charge in [-0.3, -0.25) is 9.59 Å². The first-order chi connectivity index (χ1) is 9.06. The first-order valence-electron chi connectivity index (χ1n) is 6.69. The number of H-pyrrole nitrogens is 1. The van der Waals surface area contributed by atoms with E-state index in [1.165, 1.54) is 13.1 Å². The fourth-order valence-corrected chi connectivity index (χ4v) is 2.59. The van der Waals surface area contributed by atoms with Crippen LogP contribution in [0.3, 0.4) is 0 Å². The molecule has 0 atom stereocenters. The predicted molar refractivity (Wildman–Crippen MR) is 71.2 cm³/mol. The molecule has 1 aliphatic rings. The summed E-state index contributed by atoms with van der Waals surface area (Å²) in [5, 5.41) is 12.5. The number of rotatable bonds is 4. The number of aromatic amines is 1. The van der Waals surface area contributed by atoms with E-state index < -0.39 is 5.54 Å². The molecule has 0 bridgehead atoms. The number of Topliss-reactive ketones (excluding diaryl/α,β-unsaturated/α-hetero) is 1. The summed E-state index contributed by atoms with van der Waals surface area (Å²) in [7, 11) is 0. The minimum absolute atomic E-state index is 0.0426. The average molecular weight is 264 g/mol. The SMILES string of the molecule is CC(=O)c1c[nH]c(C(=O)NC2(CO)CCCCC2)c1. The van der Waals surface area contributed by atoms with E-state index >= 15 is 0 Å². The zero-order chi connectivity index (χ0) is 13.9. The smallest absolute Gasteiger partial charge is 0.268 e. The van der Waals surface area contributed by atoms with Gasteiger partial charge in [-0.1, -0.05) is 19.3 Å². The van der Waals surface area contributed by atoms with Crippen molar-refractivity contribution in [1.82, 2.24) is 10.3 Å². The maximum Gasteiger partial charge on any atom is 0.268 e. The number of carbonyl (C=O) groups excluding carboxylic acids is 2. The van der Waals surface area contributed by atoms with Crippen molar-refractivity contribution in [2.45, 2.75) is 44.6 Å². The van der Waals surface area contributed by atoms with Gasteiger partial charge in [0.05, 0.1) is 12.1 Å². The minimum Gasteiger partial charge on any atom is -0.394 e. The van der Waals surface area contributed by atoms with Gasteiger partial charge in [0.25, 0.3) is 5.91 Å². The van der Waals surface area contributed by atoms with Gasteiger partial charge in [-0.15, -0.1) is 0 Å². The lowest BCUT2D eigenvalue weighted by Crippen LogP contribution is -2.52. The Hall–Kier alpha value is -1.62. The number of aliphatic hydroxyl groups is 1.